The number of hydrogen-bond donors (Lipinski definition) is 4. The Morgan fingerprint density at radius 1 is 1.42 bits per heavy atom. The van der Waals surface area contributed by atoms with Crippen LogP contribution in [0.15, 0.2) is 0 Å². The van der Waals surface area contributed by atoms with Gasteiger partial charge in [-0.3, -0.25) is 19.8 Å². The lowest BCUT2D eigenvalue weighted by molar-refractivity contribution is -0.138. The molecule has 5 N–H and O–H groups in total. The van der Waals surface area contributed by atoms with E-state index in [9.17, 15) is 14.4 Å². The van der Waals surface area contributed by atoms with Crippen molar-refractivity contribution in [3.05, 3.63) is 0 Å². The van der Waals surface area contributed by atoms with E-state index in [0.717, 1.165) is 6.42 Å². The quantitative estimate of drug-likeness (QED) is 0.419. The average Bonchev–Trinajstić information content (AvgIpc) is 2.87. The fraction of sp³-hybridized carbons (Fsp3) is 0.727. The molecule has 1 heterocycles. The van der Waals surface area contributed by atoms with Crippen LogP contribution in [0.4, 0.5) is 0 Å². The van der Waals surface area contributed by atoms with Gasteiger partial charge in [-0.2, -0.15) is 0 Å². The van der Waals surface area contributed by atoms with Gasteiger partial charge in [0.05, 0.1) is 6.54 Å². The van der Waals surface area contributed by atoms with Gasteiger partial charge >= 0.3 is 0 Å². The maximum atomic E-state index is 12.0. The first-order chi connectivity index (χ1) is 9.01. The third-order valence-corrected chi connectivity index (χ3v) is 3.05. The van der Waals surface area contributed by atoms with E-state index in [1.807, 2.05) is 0 Å². The summed E-state index contributed by atoms with van der Waals surface area (Å²) in [5.74, 6) is -0.909. The van der Waals surface area contributed by atoms with E-state index < -0.39 is 12.1 Å². The summed E-state index contributed by atoms with van der Waals surface area (Å²) in [6.45, 7) is 2.00. The molecule has 0 aliphatic carbocycles. The Balaban J connectivity index is 2.57. The Morgan fingerprint density at radius 2 is 2.11 bits per heavy atom. The van der Waals surface area contributed by atoms with E-state index in [-0.39, 0.29) is 24.3 Å². The number of amides is 3. The van der Waals surface area contributed by atoms with Gasteiger partial charge in [-0.1, -0.05) is 0 Å². The van der Waals surface area contributed by atoms with E-state index >= 15 is 0 Å². The van der Waals surface area contributed by atoms with Crippen molar-refractivity contribution in [1.82, 2.24) is 21.1 Å². The molecule has 108 valence electrons. The second-order valence-corrected chi connectivity index (χ2v) is 4.42. The zero-order valence-corrected chi connectivity index (χ0v) is 11.2. The van der Waals surface area contributed by atoms with Gasteiger partial charge in [0.25, 0.3) is 5.91 Å². The summed E-state index contributed by atoms with van der Waals surface area (Å²) >= 11 is 0. The summed E-state index contributed by atoms with van der Waals surface area (Å²) in [7, 11) is 1.56. The second-order valence-electron chi connectivity index (χ2n) is 4.42. The molecule has 1 fully saturated rings. The molecule has 0 saturated carbocycles. The summed E-state index contributed by atoms with van der Waals surface area (Å²) in [6, 6.07) is -1.20. The highest BCUT2D eigenvalue weighted by Crippen LogP contribution is 2.17. The molecular formula is C11H21N5O3. The summed E-state index contributed by atoms with van der Waals surface area (Å²) in [5.41, 5.74) is 10.2. The van der Waals surface area contributed by atoms with E-state index in [1.54, 1.807) is 14.0 Å². The molecule has 19 heavy (non-hydrogen) atoms. The minimum absolute atomic E-state index is 0.112. The summed E-state index contributed by atoms with van der Waals surface area (Å²) in [4.78, 5) is 36.6. The number of rotatable bonds is 5. The van der Waals surface area contributed by atoms with E-state index in [2.05, 4.69) is 16.2 Å². The van der Waals surface area contributed by atoms with Crippen molar-refractivity contribution in [2.45, 2.75) is 31.8 Å². The summed E-state index contributed by atoms with van der Waals surface area (Å²) in [6.07, 6.45) is 1.36. The zero-order chi connectivity index (χ0) is 14.4. The highest BCUT2D eigenvalue weighted by Gasteiger charge is 2.34. The predicted octanol–water partition coefficient (Wildman–Crippen LogP) is -2.31. The van der Waals surface area contributed by atoms with Gasteiger partial charge in [0, 0.05) is 13.6 Å². The molecule has 2 atom stereocenters. The fourth-order valence-corrected chi connectivity index (χ4v) is 2.06. The molecule has 0 aromatic carbocycles. The van der Waals surface area contributed by atoms with E-state index in [4.69, 9.17) is 5.73 Å². The Morgan fingerprint density at radius 3 is 2.68 bits per heavy atom. The Kier molecular flexibility index (Phi) is 5.71. The lowest BCUT2D eigenvalue weighted by Crippen LogP contribution is -2.54. The number of carbonyl (C=O) groups is 3. The fourth-order valence-electron chi connectivity index (χ4n) is 2.06. The minimum atomic E-state index is -0.671. The number of carbonyl (C=O) groups excluding carboxylic acids is 3. The molecule has 0 spiro atoms. The highest BCUT2D eigenvalue weighted by atomic mass is 16.2. The molecule has 0 unspecified atom stereocenters. The van der Waals surface area contributed by atoms with E-state index in [1.165, 1.54) is 4.90 Å². The number of likely N-dealkylation sites (tertiary alicyclic amines) is 1. The number of hydrazine groups is 1. The lowest BCUT2D eigenvalue weighted by Gasteiger charge is -2.24. The van der Waals surface area contributed by atoms with Crippen molar-refractivity contribution < 1.29 is 14.4 Å². The lowest BCUT2D eigenvalue weighted by atomic mass is 10.2. The SMILES string of the molecule is CNNC(=O)[C@H](C)NC(=O)[C@@H]1CCCN1C(=O)CN. The van der Waals surface area contributed by atoms with Crippen LogP contribution < -0.4 is 21.9 Å². The Hall–Kier alpha value is -1.67. The third kappa shape index (κ3) is 3.90. The van der Waals surface area contributed by atoms with Crippen molar-refractivity contribution in [3.63, 3.8) is 0 Å². The van der Waals surface area contributed by atoms with Crippen molar-refractivity contribution in [1.29, 1.82) is 0 Å². The monoisotopic (exact) mass is 271 g/mol. The van der Waals surface area contributed by atoms with Crippen LogP contribution in [0.1, 0.15) is 19.8 Å². The minimum Gasteiger partial charge on any atom is -0.343 e. The molecule has 8 heteroatoms. The van der Waals surface area contributed by atoms with Gasteiger partial charge in [0.15, 0.2) is 0 Å². The van der Waals surface area contributed by atoms with Gasteiger partial charge in [-0.05, 0) is 19.8 Å². The third-order valence-electron chi connectivity index (χ3n) is 3.05. The smallest absolute Gasteiger partial charge is 0.256 e. The van der Waals surface area contributed by atoms with Crippen LogP contribution in [0, 0.1) is 0 Å². The van der Waals surface area contributed by atoms with Gasteiger partial charge in [-0.25, -0.2) is 5.43 Å². The van der Waals surface area contributed by atoms with Crippen molar-refractivity contribution in [3.8, 4) is 0 Å². The topological polar surface area (TPSA) is 117 Å². The molecule has 0 aromatic heterocycles. The molecule has 0 radical (unpaired) electrons. The first-order valence-corrected chi connectivity index (χ1v) is 6.27. The largest absolute Gasteiger partial charge is 0.343 e. The second kappa shape index (κ2) is 7.05. The van der Waals surface area contributed by atoms with Crippen LogP contribution >= 0.6 is 0 Å². The van der Waals surface area contributed by atoms with Gasteiger partial charge in [-0.15, -0.1) is 0 Å². The predicted molar refractivity (Wildman–Crippen MR) is 68.6 cm³/mol. The molecule has 1 aliphatic rings. The maximum absolute atomic E-state index is 12.0. The molecule has 8 nitrogen and oxygen atoms in total. The first kappa shape index (κ1) is 15.4. The molecule has 1 rings (SSSR count). The van der Waals surface area contributed by atoms with Crippen LogP contribution in [0.3, 0.4) is 0 Å². The summed E-state index contributed by atoms with van der Waals surface area (Å²) < 4.78 is 0. The Bertz CT molecular complexity index is 360. The number of nitrogens with zero attached hydrogens (tertiary/aromatic N) is 1. The number of nitrogens with two attached hydrogens (primary N) is 1. The van der Waals surface area contributed by atoms with Gasteiger partial charge in [0.1, 0.15) is 12.1 Å². The van der Waals surface area contributed by atoms with Crippen molar-refractivity contribution in [2.24, 2.45) is 5.73 Å². The number of hydrogen-bond acceptors (Lipinski definition) is 5. The van der Waals surface area contributed by atoms with Crippen LogP contribution in [0.25, 0.3) is 0 Å². The molecule has 0 aromatic rings. The van der Waals surface area contributed by atoms with E-state index in [0.29, 0.717) is 13.0 Å². The normalized spacial score (nSPS) is 19.9. The van der Waals surface area contributed by atoms with Crippen LogP contribution in [0.5, 0.6) is 0 Å². The van der Waals surface area contributed by atoms with Crippen molar-refractivity contribution in [2.75, 3.05) is 20.1 Å². The van der Waals surface area contributed by atoms with Crippen molar-refractivity contribution >= 4 is 17.7 Å². The van der Waals surface area contributed by atoms with Crippen LogP contribution in [-0.4, -0.2) is 54.8 Å². The first-order valence-electron chi connectivity index (χ1n) is 6.27. The standard InChI is InChI=1S/C11H21N5O3/c1-7(10(18)15-13-2)14-11(19)8-4-3-5-16(8)9(17)6-12/h7-8,13H,3-6,12H2,1-2H3,(H,14,19)(H,15,18)/t7-,8-/m0/s1. The Labute approximate surface area is 112 Å². The maximum Gasteiger partial charge on any atom is 0.256 e. The zero-order valence-electron chi connectivity index (χ0n) is 11.2. The number of nitrogens with one attached hydrogen (secondary N) is 3. The van der Waals surface area contributed by atoms with Crippen LogP contribution in [-0.2, 0) is 14.4 Å². The molecule has 3 amide bonds. The molecular weight excluding hydrogens is 250 g/mol. The van der Waals surface area contributed by atoms with Crippen LogP contribution in [0.2, 0.25) is 0 Å². The van der Waals surface area contributed by atoms with Gasteiger partial charge < -0.3 is 16.0 Å². The molecule has 1 saturated heterocycles. The average molecular weight is 271 g/mol. The summed E-state index contributed by atoms with van der Waals surface area (Å²) in [5, 5.41) is 2.59. The molecule has 0 bridgehead atoms. The highest BCUT2D eigenvalue weighted by molar-refractivity contribution is 5.92. The molecule has 1 aliphatic heterocycles. The van der Waals surface area contributed by atoms with Gasteiger partial charge in [0.2, 0.25) is 11.8 Å².